The summed E-state index contributed by atoms with van der Waals surface area (Å²) < 4.78 is 4.99. The zero-order valence-electron chi connectivity index (χ0n) is 7.64. The molecular weight excluding hydrogens is 180 g/mol. The Labute approximate surface area is 81.2 Å². The van der Waals surface area contributed by atoms with E-state index in [0.29, 0.717) is 16.9 Å². The minimum Gasteiger partial charge on any atom is -0.497 e. The molecule has 70 valence electrons. The zero-order chi connectivity index (χ0) is 10.4. The van der Waals surface area contributed by atoms with Gasteiger partial charge >= 0.3 is 0 Å². The van der Waals surface area contributed by atoms with Crippen LogP contribution in [0.3, 0.4) is 0 Å². The number of ether oxygens (including phenoxy) is 1. The molecule has 0 aliphatic carbocycles. The van der Waals surface area contributed by atoms with Gasteiger partial charge in [-0.15, -0.1) is 0 Å². The van der Waals surface area contributed by atoms with Crippen LogP contribution >= 0.6 is 0 Å². The van der Waals surface area contributed by atoms with Gasteiger partial charge in [-0.3, -0.25) is 0 Å². The Morgan fingerprint density at radius 1 is 1.64 bits per heavy atom. The van der Waals surface area contributed by atoms with Crippen LogP contribution in [0.4, 0.5) is 0 Å². The van der Waals surface area contributed by atoms with Crippen LogP contribution in [0.5, 0.6) is 5.75 Å². The van der Waals surface area contributed by atoms with E-state index in [1.54, 1.807) is 25.3 Å². The Bertz CT molecular complexity index is 415. The molecule has 0 amide bonds. The second-order valence-corrected chi connectivity index (χ2v) is 2.52. The van der Waals surface area contributed by atoms with Crippen LogP contribution in [-0.4, -0.2) is 7.11 Å². The fourth-order valence-electron chi connectivity index (χ4n) is 1.04. The van der Waals surface area contributed by atoms with E-state index in [2.05, 4.69) is 10.0 Å². The standard InChI is InChI=1S/C9H8N4O/c1-14-9-3-2-7(5-10)8(4-9)6-12-13-11/h2-4H,6H2,1H3. The van der Waals surface area contributed by atoms with Gasteiger partial charge in [0.1, 0.15) is 5.75 Å². The molecule has 5 nitrogen and oxygen atoms in total. The van der Waals surface area contributed by atoms with Crippen LogP contribution in [0.25, 0.3) is 10.4 Å². The number of benzene rings is 1. The molecule has 0 saturated heterocycles. The van der Waals surface area contributed by atoms with Crippen molar-refractivity contribution in [1.29, 1.82) is 5.26 Å². The van der Waals surface area contributed by atoms with Crippen molar-refractivity contribution in [2.75, 3.05) is 7.11 Å². The topological polar surface area (TPSA) is 81.8 Å². The molecule has 14 heavy (non-hydrogen) atoms. The summed E-state index contributed by atoms with van der Waals surface area (Å²) in [5.74, 6) is 0.645. The summed E-state index contributed by atoms with van der Waals surface area (Å²) in [6, 6.07) is 7.04. The minimum atomic E-state index is 0.163. The van der Waals surface area contributed by atoms with E-state index in [4.69, 9.17) is 15.5 Å². The van der Waals surface area contributed by atoms with Gasteiger partial charge in [0.05, 0.1) is 25.3 Å². The van der Waals surface area contributed by atoms with E-state index in [1.807, 2.05) is 6.07 Å². The SMILES string of the molecule is COc1ccc(C#N)c(CN=[N+]=[N-])c1. The first-order chi connectivity index (χ1) is 6.81. The van der Waals surface area contributed by atoms with Gasteiger partial charge in [0.2, 0.25) is 0 Å². The number of hydrogen-bond donors (Lipinski definition) is 0. The lowest BCUT2D eigenvalue weighted by atomic mass is 10.1. The van der Waals surface area contributed by atoms with Gasteiger partial charge in [-0.2, -0.15) is 5.26 Å². The molecule has 0 aromatic heterocycles. The van der Waals surface area contributed by atoms with Crippen LogP contribution in [0.1, 0.15) is 11.1 Å². The third-order valence-electron chi connectivity index (χ3n) is 1.74. The average Bonchev–Trinajstić information content (AvgIpc) is 2.25. The van der Waals surface area contributed by atoms with Crippen LogP contribution in [0.2, 0.25) is 0 Å². The van der Waals surface area contributed by atoms with E-state index in [1.165, 1.54) is 0 Å². The minimum absolute atomic E-state index is 0.163. The van der Waals surface area contributed by atoms with Crippen LogP contribution in [0.15, 0.2) is 23.3 Å². The van der Waals surface area contributed by atoms with Gasteiger partial charge in [-0.25, -0.2) is 0 Å². The number of nitrogens with zero attached hydrogens (tertiary/aromatic N) is 4. The van der Waals surface area contributed by atoms with Gasteiger partial charge in [0.25, 0.3) is 0 Å². The number of hydrogen-bond acceptors (Lipinski definition) is 3. The smallest absolute Gasteiger partial charge is 0.119 e. The van der Waals surface area contributed by atoms with E-state index < -0.39 is 0 Å². The molecule has 0 N–H and O–H groups in total. The van der Waals surface area contributed by atoms with Crippen molar-refractivity contribution in [2.24, 2.45) is 5.11 Å². The van der Waals surface area contributed by atoms with Gasteiger partial charge in [-0.05, 0) is 29.3 Å². The third-order valence-corrected chi connectivity index (χ3v) is 1.74. The predicted octanol–water partition coefficient (Wildman–Crippen LogP) is 2.38. The fourth-order valence-corrected chi connectivity index (χ4v) is 1.04. The van der Waals surface area contributed by atoms with E-state index in [0.717, 1.165) is 0 Å². The number of nitriles is 1. The quantitative estimate of drug-likeness (QED) is 0.414. The molecule has 0 spiro atoms. The molecule has 0 saturated carbocycles. The molecule has 1 rings (SSSR count). The second-order valence-electron chi connectivity index (χ2n) is 2.52. The van der Waals surface area contributed by atoms with E-state index in [9.17, 15) is 0 Å². The summed E-state index contributed by atoms with van der Waals surface area (Å²) in [6.07, 6.45) is 0. The normalized spacial score (nSPS) is 8.57. The number of rotatable bonds is 3. The molecular formula is C9H8N4O. The van der Waals surface area contributed by atoms with Crippen LogP contribution in [0, 0.1) is 11.3 Å². The first-order valence-electron chi connectivity index (χ1n) is 3.89. The molecule has 0 bridgehead atoms. The predicted molar refractivity (Wildman–Crippen MR) is 50.6 cm³/mol. The van der Waals surface area contributed by atoms with Crippen molar-refractivity contribution in [2.45, 2.75) is 6.54 Å². The zero-order valence-corrected chi connectivity index (χ0v) is 7.64. The van der Waals surface area contributed by atoms with Gasteiger partial charge < -0.3 is 4.74 Å². The Kier molecular flexibility index (Phi) is 3.36. The van der Waals surface area contributed by atoms with Crippen LogP contribution < -0.4 is 4.74 Å². The Morgan fingerprint density at radius 2 is 2.43 bits per heavy atom. The number of azide groups is 1. The van der Waals surface area contributed by atoms with Crippen LogP contribution in [-0.2, 0) is 6.54 Å². The van der Waals surface area contributed by atoms with Crippen molar-refractivity contribution in [3.63, 3.8) is 0 Å². The largest absolute Gasteiger partial charge is 0.497 e. The molecule has 5 heteroatoms. The summed E-state index contributed by atoms with van der Waals surface area (Å²) in [6.45, 7) is 0.163. The Hall–Kier alpha value is -2.18. The molecule has 0 aliphatic rings. The summed E-state index contributed by atoms with van der Waals surface area (Å²) in [7, 11) is 1.54. The van der Waals surface area contributed by atoms with E-state index in [-0.39, 0.29) is 6.54 Å². The fraction of sp³-hybridized carbons (Fsp3) is 0.222. The molecule has 0 heterocycles. The summed E-state index contributed by atoms with van der Waals surface area (Å²) >= 11 is 0. The van der Waals surface area contributed by atoms with Crippen molar-refractivity contribution in [3.8, 4) is 11.8 Å². The highest BCUT2D eigenvalue weighted by Gasteiger charge is 2.02. The molecule has 1 aromatic carbocycles. The highest BCUT2D eigenvalue weighted by atomic mass is 16.5. The van der Waals surface area contributed by atoms with Crippen molar-refractivity contribution >= 4 is 0 Å². The van der Waals surface area contributed by atoms with E-state index >= 15 is 0 Å². The maximum absolute atomic E-state index is 8.76. The van der Waals surface area contributed by atoms with Crippen molar-refractivity contribution in [3.05, 3.63) is 39.8 Å². The lowest BCUT2D eigenvalue weighted by Gasteiger charge is -2.03. The first kappa shape index (κ1) is 9.90. The van der Waals surface area contributed by atoms with Crippen molar-refractivity contribution < 1.29 is 4.74 Å². The lowest BCUT2D eigenvalue weighted by Crippen LogP contribution is -1.90. The molecule has 0 fully saturated rings. The summed E-state index contributed by atoms with van der Waals surface area (Å²) in [5.41, 5.74) is 9.33. The molecule has 0 atom stereocenters. The average molecular weight is 188 g/mol. The lowest BCUT2D eigenvalue weighted by molar-refractivity contribution is 0.414. The maximum Gasteiger partial charge on any atom is 0.119 e. The van der Waals surface area contributed by atoms with Gasteiger partial charge in [-0.1, -0.05) is 5.11 Å². The van der Waals surface area contributed by atoms with Gasteiger partial charge in [0.15, 0.2) is 0 Å². The first-order valence-corrected chi connectivity index (χ1v) is 3.89. The molecule has 0 aliphatic heterocycles. The second kappa shape index (κ2) is 4.75. The maximum atomic E-state index is 8.76. The summed E-state index contributed by atoms with van der Waals surface area (Å²) in [5, 5.41) is 12.2. The van der Waals surface area contributed by atoms with Gasteiger partial charge in [0, 0.05) is 4.91 Å². The number of methoxy groups -OCH3 is 1. The van der Waals surface area contributed by atoms with Crippen molar-refractivity contribution in [1.82, 2.24) is 0 Å². The molecule has 1 aromatic rings. The highest BCUT2D eigenvalue weighted by molar-refractivity contribution is 5.42. The monoisotopic (exact) mass is 188 g/mol. The highest BCUT2D eigenvalue weighted by Crippen LogP contribution is 2.17. The third kappa shape index (κ3) is 2.16. The Morgan fingerprint density at radius 3 is 3.00 bits per heavy atom. The molecule has 0 radical (unpaired) electrons. The summed E-state index contributed by atoms with van der Waals surface area (Å²) in [4.78, 5) is 2.64. The Balaban J connectivity index is 3.09. The molecule has 0 unspecified atom stereocenters.